The van der Waals surface area contributed by atoms with Gasteiger partial charge in [0.2, 0.25) is 5.91 Å². The SMILES string of the molecule is CCC(C)NC(=O)C(C)NC(C)CO. The van der Waals surface area contributed by atoms with Gasteiger partial charge in [-0.1, -0.05) is 6.92 Å². The average molecular weight is 202 g/mol. The summed E-state index contributed by atoms with van der Waals surface area (Å²) in [4.78, 5) is 11.5. The van der Waals surface area contributed by atoms with E-state index in [9.17, 15) is 4.79 Å². The third-order valence-corrected chi connectivity index (χ3v) is 2.20. The van der Waals surface area contributed by atoms with Crippen LogP contribution in [0.25, 0.3) is 0 Å². The van der Waals surface area contributed by atoms with E-state index in [1.165, 1.54) is 0 Å². The van der Waals surface area contributed by atoms with E-state index in [-0.39, 0.29) is 30.6 Å². The highest BCUT2D eigenvalue weighted by molar-refractivity contribution is 5.81. The van der Waals surface area contributed by atoms with E-state index in [0.29, 0.717) is 0 Å². The van der Waals surface area contributed by atoms with Crippen molar-refractivity contribution in [1.82, 2.24) is 10.6 Å². The molecule has 3 N–H and O–H groups in total. The fourth-order valence-electron chi connectivity index (χ4n) is 1.03. The molecule has 0 radical (unpaired) electrons. The Morgan fingerprint density at radius 2 is 1.86 bits per heavy atom. The quantitative estimate of drug-likeness (QED) is 0.579. The summed E-state index contributed by atoms with van der Waals surface area (Å²) in [6, 6.07) is -0.102. The number of rotatable bonds is 6. The van der Waals surface area contributed by atoms with E-state index < -0.39 is 0 Å². The standard InChI is InChI=1S/C10H22N2O2/c1-5-7(2)12-10(14)9(4)11-8(3)6-13/h7-9,11,13H,5-6H2,1-4H3,(H,12,14). The highest BCUT2D eigenvalue weighted by atomic mass is 16.3. The van der Waals surface area contributed by atoms with Crippen LogP contribution in [0.2, 0.25) is 0 Å². The highest BCUT2D eigenvalue weighted by Gasteiger charge is 2.15. The number of aliphatic hydroxyl groups is 1. The van der Waals surface area contributed by atoms with Crippen LogP contribution in [0.3, 0.4) is 0 Å². The molecule has 0 aliphatic carbocycles. The van der Waals surface area contributed by atoms with Gasteiger partial charge in [-0.2, -0.15) is 0 Å². The molecule has 0 saturated heterocycles. The Hall–Kier alpha value is -0.610. The van der Waals surface area contributed by atoms with E-state index in [1.807, 2.05) is 20.8 Å². The topological polar surface area (TPSA) is 61.4 Å². The van der Waals surface area contributed by atoms with Crippen molar-refractivity contribution >= 4 is 5.91 Å². The summed E-state index contributed by atoms with van der Waals surface area (Å²) >= 11 is 0. The van der Waals surface area contributed by atoms with Crippen LogP contribution in [0.4, 0.5) is 0 Å². The lowest BCUT2D eigenvalue weighted by Gasteiger charge is -2.20. The molecule has 0 aliphatic heterocycles. The maximum Gasteiger partial charge on any atom is 0.237 e. The Morgan fingerprint density at radius 3 is 2.29 bits per heavy atom. The molecule has 0 rings (SSSR count). The van der Waals surface area contributed by atoms with Gasteiger partial charge in [-0.25, -0.2) is 0 Å². The summed E-state index contributed by atoms with van der Waals surface area (Å²) in [5.74, 6) is -0.0142. The van der Waals surface area contributed by atoms with E-state index >= 15 is 0 Å². The molecule has 0 aromatic carbocycles. The van der Waals surface area contributed by atoms with Crippen LogP contribution in [0.15, 0.2) is 0 Å². The first-order valence-corrected chi connectivity index (χ1v) is 5.18. The predicted molar refractivity (Wildman–Crippen MR) is 57.0 cm³/mol. The van der Waals surface area contributed by atoms with Crippen molar-refractivity contribution in [3.05, 3.63) is 0 Å². The second-order valence-corrected chi connectivity index (χ2v) is 3.79. The minimum absolute atomic E-state index is 0.0142. The molecule has 0 bridgehead atoms. The van der Waals surface area contributed by atoms with Crippen LogP contribution in [0, 0.1) is 0 Å². The molecule has 0 aliphatic rings. The van der Waals surface area contributed by atoms with Gasteiger partial charge in [-0.3, -0.25) is 4.79 Å². The van der Waals surface area contributed by atoms with Gasteiger partial charge in [0.1, 0.15) is 0 Å². The van der Waals surface area contributed by atoms with Gasteiger partial charge in [0.05, 0.1) is 12.6 Å². The third-order valence-electron chi connectivity index (χ3n) is 2.20. The number of carbonyl (C=O) groups is 1. The average Bonchev–Trinajstić information content (AvgIpc) is 2.17. The molecule has 0 heterocycles. The van der Waals surface area contributed by atoms with Gasteiger partial charge >= 0.3 is 0 Å². The number of hydrogen-bond acceptors (Lipinski definition) is 3. The van der Waals surface area contributed by atoms with Gasteiger partial charge < -0.3 is 15.7 Å². The van der Waals surface area contributed by atoms with Gasteiger partial charge in [0.25, 0.3) is 0 Å². The van der Waals surface area contributed by atoms with Crippen molar-refractivity contribution in [2.75, 3.05) is 6.61 Å². The Labute approximate surface area is 86.1 Å². The van der Waals surface area contributed by atoms with Crippen LogP contribution < -0.4 is 10.6 Å². The molecule has 3 unspecified atom stereocenters. The van der Waals surface area contributed by atoms with Crippen molar-refractivity contribution < 1.29 is 9.90 Å². The first-order chi connectivity index (χ1) is 6.51. The number of carbonyl (C=O) groups excluding carboxylic acids is 1. The minimum atomic E-state index is -0.258. The molecular formula is C10H22N2O2. The van der Waals surface area contributed by atoms with Crippen molar-refractivity contribution in [3.8, 4) is 0 Å². The van der Waals surface area contributed by atoms with E-state index in [2.05, 4.69) is 10.6 Å². The number of aliphatic hydroxyl groups excluding tert-OH is 1. The first-order valence-electron chi connectivity index (χ1n) is 5.18. The molecule has 1 amide bonds. The minimum Gasteiger partial charge on any atom is -0.395 e. The molecule has 0 aromatic rings. The molecule has 0 saturated carbocycles. The molecule has 0 fully saturated rings. The van der Waals surface area contributed by atoms with Crippen LogP contribution in [-0.4, -0.2) is 35.7 Å². The number of nitrogens with one attached hydrogen (secondary N) is 2. The lowest BCUT2D eigenvalue weighted by atomic mass is 10.2. The third kappa shape index (κ3) is 5.19. The summed E-state index contributed by atoms with van der Waals surface area (Å²) in [6.07, 6.45) is 0.925. The van der Waals surface area contributed by atoms with Gasteiger partial charge in [-0.05, 0) is 27.2 Å². The molecule has 0 spiro atoms. The number of amides is 1. The van der Waals surface area contributed by atoms with Crippen molar-refractivity contribution in [2.45, 2.75) is 52.2 Å². The summed E-state index contributed by atoms with van der Waals surface area (Å²) in [5, 5.41) is 14.7. The van der Waals surface area contributed by atoms with Crippen molar-refractivity contribution in [1.29, 1.82) is 0 Å². The highest BCUT2D eigenvalue weighted by Crippen LogP contribution is 1.92. The number of hydrogen-bond donors (Lipinski definition) is 3. The summed E-state index contributed by atoms with van der Waals surface area (Å²) in [7, 11) is 0. The molecule has 84 valence electrons. The Bertz CT molecular complexity index is 174. The van der Waals surface area contributed by atoms with Crippen LogP contribution in [0.1, 0.15) is 34.1 Å². The van der Waals surface area contributed by atoms with Crippen molar-refractivity contribution in [2.24, 2.45) is 0 Å². The van der Waals surface area contributed by atoms with E-state index in [1.54, 1.807) is 6.92 Å². The largest absolute Gasteiger partial charge is 0.395 e. The van der Waals surface area contributed by atoms with Crippen LogP contribution >= 0.6 is 0 Å². The van der Waals surface area contributed by atoms with E-state index in [0.717, 1.165) is 6.42 Å². The van der Waals surface area contributed by atoms with Gasteiger partial charge in [-0.15, -0.1) is 0 Å². The maximum atomic E-state index is 11.5. The smallest absolute Gasteiger partial charge is 0.237 e. The van der Waals surface area contributed by atoms with Gasteiger partial charge in [0.15, 0.2) is 0 Å². The zero-order chi connectivity index (χ0) is 11.1. The predicted octanol–water partition coefficient (Wildman–Crippen LogP) is 0.260. The normalized spacial score (nSPS) is 17.2. The zero-order valence-electron chi connectivity index (χ0n) is 9.50. The summed E-state index contributed by atoms with van der Waals surface area (Å²) < 4.78 is 0. The second-order valence-electron chi connectivity index (χ2n) is 3.79. The summed E-state index contributed by atoms with van der Waals surface area (Å²) in [6.45, 7) is 7.68. The summed E-state index contributed by atoms with van der Waals surface area (Å²) in [5.41, 5.74) is 0. The van der Waals surface area contributed by atoms with Gasteiger partial charge in [0, 0.05) is 12.1 Å². The lowest BCUT2D eigenvalue weighted by molar-refractivity contribution is -0.123. The molecule has 3 atom stereocenters. The maximum absolute atomic E-state index is 11.5. The molecule has 4 nitrogen and oxygen atoms in total. The Kier molecular flexibility index (Phi) is 6.49. The van der Waals surface area contributed by atoms with Crippen molar-refractivity contribution in [3.63, 3.8) is 0 Å². The Balaban J connectivity index is 3.87. The molecule has 14 heavy (non-hydrogen) atoms. The second kappa shape index (κ2) is 6.79. The Morgan fingerprint density at radius 1 is 1.29 bits per heavy atom. The monoisotopic (exact) mass is 202 g/mol. The molecular weight excluding hydrogens is 180 g/mol. The fourth-order valence-corrected chi connectivity index (χ4v) is 1.03. The van der Waals surface area contributed by atoms with E-state index in [4.69, 9.17) is 5.11 Å². The molecule has 4 heteroatoms. The van der Waals surface area contributed by atoms with Crippen LogP contribution in [0.5, 0.6) is 0 Å². The first kappa shape index (κ1) is 13.4. The zero-order valence-corrected chi connectivity index (χ0v) is 9.50. The molecule has 0 aromatic heterocycles. The lowest BCUT2D eigenvalue weighted by Crippen LogP contribution is -2.48. The van der Waals surface area contributed by atoms with Crippen LogP contribution in [-0.2, 0) is 4.79 Å². The fraction of sp³-hybridized carbons (Fsp3) is 0.900.